The Bertz CT molecular complexity index is 926. The fraction of sp³-hybridized carbons (Fsp3) is 0.278. The van der Waals surface area contributed by atoms with E-state index in [0.717, 1.165) is 0 Å². The lowest BCUT2D eigenvalue weighted by molar-refractivity contribution is -0.0965. The molecule has 1 amide bonds. The first-order chi connectivity index (χ1) is 12.3. The Kier molecular flexibility index (Phi) is 5.08. The molecular weight excluding hydrogens is 359 g/mol. The van der Waals surface area contributed by atoms with Gasteiger partial charge in [0.2, 0.25) is 10.0 Å². The molecular formula is C18H19FN2O4S. The van der Waals surface area contributed by atoms with Crippen molar-refractivity contribution in [1.82, 2.24) is 4.72 Å². The molecule has 2 aromatic carbocycles. The highest BCUT2D eigenvalue weighted by Gasteiger charge is 2.34. The van der Waals surface area contributed by atoms with Crippen LogP contribution in [0.5, 0.6) is 0 Å². The molecule has 26 heavy (non-hydrogen) atoms. The van der Waals surface area contributed by atoms with Crippen LogP contribution in [-0.2, 0) is 14.8 Å². The normalized spacial score (nSPS) is 15.9. The summed E-state index contributed by atoms with van der Waals surface area (Å²) < 4.78 is 46.2. The van der Waals surface area contributed by atoms with E-state index in [9.17, 15) is 17.6 Å². The monoisotopic (exact) mass is 378 g/mol. The molecule has 1 fully saturated rings. The molecule has 2 aromatic rings. The average Bonchev–Trinajstić information content (AvgIpc) is 2.60. The molecule has 0 bridgehead atoms. The fourth-order valence-electron chi connectivity index (χ4n) is 2.47. The highest BCUT2D eigenvalue weighted by atomic mass is 32.2. The van der Waals surface area contributed by atoms with Crippen molar-refractivity contribution >= 4 is 21.6 Å². The van der Waals surface area contributed by atoms with Crippen molar-refractivity contribution in [2.75, 3.05) is 25.1 Å². The predicted molar refractivity (Wildman–Crippen MR) is 94.9 cm³/mol. The third-order valence-electron chi connectivity index (χ3n) is 4.12. The molecule has 0 atom stereocenters. The molecule has 1 aliphatic heterocycles. The highest BCUT2D eigenvalue weighted by Crippen LogP contribution is 2.26. The summed E-state index contributed by atoms with van der Waals surface area (Å²) in [4.78, 5) is 12.3. The Labute approximate surface area is 151 Å². The number of carbonyl (C=O) groups is 1. The van der Waals surface area contributed by atoms with Crippen molar-refractivity contribution < 1.29 is 22.3 Å². The number of amides is 1. The Morgan fingerprint density at radius 3 is 2.58 bits per heavy atom. The summed E-state index contributed by atoms with van der Waals surface area (Å²) in [5.74, 6) is -1.16. The number of hydrogen-bond donors (Lipinski definition) is 2. The number of ether oxygens (including phenoxy) is 1. The maximum atomic E-state index is 13.7. The van der Waals surface area contributed by atoms with Crippen LogP contribution in [0.15, 0.2) is 53.4 Å². The molecule has 1 aliphatic rings. The van der Waals surface area contributed by atoms with E-state index in [4.69, 9.17) is 4.74 Å². The second-order valence-electron chi connectivity index (χ2n) is 6.59. The van der Waals surface area contributed by atoms with Gasteiger partial charge in [-0.1, -0.05) is 25.1 Å². The highest BCUT2D eigenvalue weighted by molar-refractivity contribution is 7.89. The number of rotatable bonds is 6. The zero-order valence-electron chi connectivity index (χ0n) is 14.2. The number of nitrogens with one attached hydrogen (secondary N) is 2. The van der Waals surface area contributed by atoms with Gasteiger partial charge in [0, 0.05) is 17.5 Å². The summed E-state index contributed by atoms with van der Waals surface area (Å²) in [6.45, 7) is 3.18. The summed E-state index contributed by atoms with van der Waals surface area (Å²) in [6, 6.07) is 11.4. The Morgan fingerprint density at radius 1 is 1.19 bits per heavy atom. The van der Waals surface area contributed by atoms with Crippen LogP contribution in [0, 0.1) is 11.2 Å². The minimum absolute atomic E-state index is 0.0254. The zero-order chi connectivity index (χ0) is 18.8. The van der Waals surface area contributed by atoms with Gasteiger partial charge < -0.3 is 10.1 Å². The Balaban J connectivity index is 1.74. The first kappa shape index (κ1) is 18.5. The topological polar surface area (TPSA) is 84.5 Å². The van der Waals surface area contributed by atoms with Gasteiger partial charge in [0.25, 0.3) is 5.91 Å². The van der Waals surface area contributed by atoms with Crippen molar-refractivity contribution in [3.63, 3.8) is 0 Å². The number of carbonyl (C=O) groups excluding carboxylic acids is 1. The van der Waals surface area contributed by atoms with E-state index >= 15 is 0 Å². The van der Waals surface area contributed by atoms with Crippen molar-refractivity contribution in [2.24, 2.45) is 5.41 Å². The second kappa shape index (κ2) is 7.14. The van der Waals surface area contributed by atoms with Crippen molar-refractivity contribution in [1.29, 1.82) is 0 Å². The molecule has 1 heterocycles. The SMILES string of the molecule is CC1(CNS(=O)(=O)c2cccc(C(=O)Nc3ccccc3F)c2)COC1. The van der Waals surface area contributed by atoms with E-state index in [-0.39, 0.29) is 28.1 Å². The first-order valence-corrected chi connectivity index (χ1v) is 9.51. The van der Waals surface area contributed by atoms with Crippen LogP contribution < -0.4 is 10.0 Å². The molecule has 3 rings (SSSR count). The number of halogens is 1. The molecule has 0 saturated carbocycles. The lowest BCUT2D eigenvalue weighted by Crippen LogP contribution is -2.48. The van der Waals surface area contributed by atoms with Gasteiger partial charge in [-0.2, -0.15) is 0 Å². The smallest absolute Gasteiger partial charge is 0.255 e. The molecule has 138 valence electrons. The van der Waals surface area contributed by atoms with Crippen LogP contribution >= 0.6 is 0 Å². The summed E-state index contributed by atoms with van der Waals surface area (Å²) >= 11 is 0. The number of para-hydroxylation sites is 1. The molecule has 1 saturated heterocycles. The zero-order valence-corrected chi connectivity index (χ0v) is 15.0. The van der Waals surface area contributed by atoms with Gasteiger partial charge in [-0.25, -0.2) is 17.5 Å². The van der Waals surface area contributed by atoms with E-state index in [1.807, 2.05) is 6.92 Å². The fourth-order valence-corrected chi connectivity index (χ4v) is 3.71. The van der Waals surface area contributed by atoms with E-state index < -0.39 is 21.7 Å². The van der Waals surface area contributed by atoms with E-state index in [1.54, 1.807) is 6.07 Å². The van der Waals surface area contributed by atoms with Crippen LogP contribution in [0.25, 0.3) is 0 Å². The number of hydrogen-bond acceptors (Lipinski definition) is 4. The maximum Gasteiger partial charge on any atom is 0.255 e. The van der Waals surface area contributed by atoms with Crippen molar-refractivity contribution in [2.45, 2.75) is 11.8 Å². The Hall–Kier alpha value is -2.29. The van der Waals surface area contributed by atoms with Gasteiger partial charge in [-0.15, -0.1) is 0 Å². The number of benzene rings is 2. The maximum absolute atomic E-state index is 13.7. The molecule has 0 aliphatic carbocycles. The lowest BCUT2D eigenvalue weighted by Gasteiger charge is -2.37. The van der Waals surface area contributed by atoms with Crippen LogP contribution in [0.1, 0.15) is 17.3 Å². The summed E-state index contributed by atoms with van der Waals surface area (Å²) in [7, 11) is -3.77. The van der Waals surface area contributed by atoms with Crippen LogP contribution in [0.3, 0.4) is 0 Å². The first-order valence-electron chi connectivity index (χ1n) is 8.02. The third kappa shape index (κ3) is 4.09. The molecule has 0 aromatic heterocycles. The van der Waals surface area contributed by atoms with E-state index in [1.165, 1.54) is 42.5 Å². The number of anilines is 1. The van der Waals surface area contributed by atoms with E-state index in [2.05, 4.69) is 10.0 Å². The number of sulfonamides is 1. The van der Waals surface area contributed by atoms with Gasteiger partial charge in [-0.3, -0.25) is 4.79 Å². The minimum atomic E-state index is -3.77. The van der Waals surface area contributed by atoms with Gasteiger partial charge >= 0.3 is 0 Å². The molecule has 8 heteroatoms. The molecule has 2 N–H and O–H groups in total. The quantitative estimate of drug-likeness (QED) is 0.808. The molecule has 0 radical (unpaired) electrons. The summed E-state index contributed by atoms with van der Waals surface area (Å²) in [5.41, 5.74) is -0.0662. The minimum Gasteiger partial charge on any atom is -0.380 e. The van der Waals surface area contributed by atoms with Crippen LogP contribution in [0.4, 0.5) is 10.1 Å². The van der Waals surface area contributed by atoms with Crippen molar-refractivity contribution in [3.05, 3.63) is 59.9 Å². The largest absolute Gasteiger partial charge is 0.380 e. The second-order valence-corrected chi connectivity index (χ2v) is 8.36. The van der Waals surface area contributed by atoms with Gasteiger partial charge in [0.1, 0.15) is 5.82 Å². The summed E-state index contributed by atoms with van der Waals surface area (Å²) in [5, 5.41) is 2.43. The molecule has 0 spiro atoms. The van der Waals surface area contributed by atoms with Crippen molar-refractivity contribution in [3.8, 4) is 0 Å². The molecule has 0 unspecified atom stereocenters. The average molecular weight is 378 g/mol. The van der Waals surface area contributed by atoms with Gasteiger partial charge in [-0.05, 0) is 30.3 Å². The van der Waals surface area contributed by atoms with Gasteiger partial charge in [0.15, 0.2) is 0 Å². The predicted octanol–water partition coefficient (Wildman–Crippen LogP) is 2.39. The van der Waals surface area contributed by atoms with Gasteiger partial charge in [0.05, 0.1) is 23.8 Å². The molecule has 6 nitrogen and oxygen atoms in total. The van der Waals surface area contributed by atoms with Crippen LogP contribution in [-0.4, -0.2) is 34.1 Å². The van der Waals surface area contributed by atoms with Crippen LogP contribution in [0.2, 0.25) is 0 Å². The lowest BCUT2D eigenvalue weighted by atomic mass is 9.89. The van der Waals surface area contributed by atoms with E-state index in [0.29, 0.717) is 13.2 Å². The Morgan fingerprint density at radius 2 is 1.92 bits per heavy atom. The summed E-state index contributed by atoms with van der Waals surface area (Å²) in [6.07, 6.45) is 0. The standard InChI is InChI=1S/C18H19FN2O4S/c1-18(11-25-12-18)10-20-26(23,24)14-6-4-5-13(9-14)17(22)21-16-8-3-2-7-15(16)19/h2-9,20H,10-12H2,1H3,(H,21,22). The third-order valence-corrected chi connectivity index (χ3v) is 5.52.